The Balaban J connectivity index is 2.12. The molecule has 0 heterocycles. The second-order valence-electron chi connectivity index (χ2n) is 5.30. The summed E-state index contributed by atoms with van der Waals surface area (Å²) >= 11 is 1.75. The predicted octanol–water partition coefficient (Wildman–Crippen LogP) is 4.48. The van der Waals surface area contributed by atoms with Crippen molar-refractivity contribution in [2.45, 2.75) is 17.9 Å². The minimum absolute atomic E-state index is 0.0609. The molecule has 0 saturated carbocycles. The first-order chi connectivity index (χ1) is 11.2. The number of benzene rings is 2. The maximum absolute atomic E-state index is 12.0. The van der Waals surface area contributed by atoms with Crippen molar-refractivity contribution < 1.29 is 14.3 Å². The Bertz CT molecular complexity index is 610. The summed E-state index contributed by atoms with van der Waals surface area (Å²) in [5.41, 5.74) is 2.35. The van der Waals surface area contributed by atoms with E-state index in [1.165, 1.54) is 12.7 Å². The fourth-order valence-corrected chi connectivity index (χ4v) is 3.70. The normalized spacial score (nSPS) is 13.2. The molecule has 2 rings (SSSR count). The van der Waals surface area contributed by atoms with Gasteiger partial charge < -0.3 is 9.47 Å². The molecular formula is C19H22O3S. The molecule has 0 fully saturated rings. The van der Waals surface area contributed by atoms with Crippen molar-refractivity contribution >= 4 is 17.7 Å². The van der Waals surface area contributed by atoms with Crippen LogP contribution < -0.4 is 4.74 Å². The molecule has 0 N–H and O–H groups in total. The molecule has 2 unspecified atom stereocenters. The molecule has 0 bridgehead atoms. The van der Waals surface area contributed by atoms with Gasteiger partial charge in [0, 0.05) is 11.0 Å². The summed E-state index contributed by atoms with van der Waals surface area (Å²) in [7, 11) is 3.10. The molecule has 0 amide bonds. The van der Waals surface area contributed by atoms with Gasteiger partial charge in [-0.15, -0.1) is 11.8 Å². The summed E-state index contributed by atoms with van der Waals surface area (Å²) in [5, 5.41) is 0.0609. The van der Waals surface area contributed by atoms with Crippen molar-refractivity contribution in [3.05, 3.63) is 65.7 Å². The van der Waals surface area contributed by atoms with Crippen molar-refractivity contribution in [2.75, 3.05) is 14.2 Å². The monoisotopic (exact) mass is 330 g/mol. The molecule has 23 heavy (non-hydrogen) atoms. The lowest BCUT2D eigenvalue weighted by atomic mass is 10.0. The minimum atomic E-state index is -0.203. The van der Waals surface area contributed by atoms with Crippen LogP contribution in [0.1, 0.15) is 23.3 Å². The van der Waals surface area contributed by atoms with Crippen LogP contribution in [0.5, 0.6) is 5.75 Å². The zero-order valence-corrected chi connectivity index (χ0v) is 14.5. The van der Waals surface area contributed by atoms with Crippen LogP contribution in [0.2, 0.25) is 0 Å². The number of methoxy groups -OCH3 is 2. The Hall–Kier alpha value is -1.94. The highest BCUT2D eigenvalue weighted by Crippen LogP contribution is 2.38. The van der Waals surface area contributed by atoms with Gasteiger partial charge in [-0.2, -0.15) is 0 Å². The Morgan fingerprint density at radius 2 is 1.70 bits per heavy atom. The van der Waals surface area contributed by atoms with Gasteiger partial charge in [-0.05, 0) is 23.3 Å². The molecule has 0 aromatic heterocycles. The van der Waals surface area contributed by atoms with Gasteiger partial charge in [-0.1, -0.05) is 49.4 Å². The number of carbonyl (C=O) groups excluding carboxylic acids is 1. The van der Waals surface area contributed by atoms with Crippen molar-refractivity contribution in [2.24, 2.45) is 5.92 Å². The lowest BCUT2D eigenvalue weighted by molar-refractivity contribution is -0.144. The molecule has 0 radical (unpaired) electrons. The number of hydrogen-bond acceptors (Lipinski definition) is 4. The summed E-state index contributed by atoms with van der Waals surface area (Å²) in [4.78, 5) is 12.0. The van der Waals surface area contributed by atoms with Crippen LogP contribution >= 0.6 is 11.8 Å². The zero-order chi connectivity index (χ0) is 16.7. The van der Waals surface area contributed by atoms with Crippen molar-refractivity contribution in [1.29, 1.82) is 0 Å². The number of ether oxygens (including phenoxy) is 2. The molecule has 0 saturated heterocycles. The van der Waals surface area contributed by atoms with Crippen LogP contribution in [-0.2, 0) is 15.3 Å². The molecule has 0 spiro atoms. The van der Waals surface area contributed by atoms with Crippen molar-refractivity contribution in [1.82, 2.24) is 0 Å². The average Bonchev–Trinajstić information content (AvgIpc) is 2.62. The van der Waals surface area contributed by atoms with Crippen LogP contribution in [0, 0.1) is 5.92 Å². The van der Waals surface area contributed by atoms with E-state index in [9.17, 15) is 4.79 Å². The smallest absolute Gasteiger partial charge is 0.309 e. The van der Waals surface area contributed by atoms with Gasteiger partial charge in [-0.3, -0.25) is 4.79 Å². The fourth-order valence-electron chi connectivity index (χ4n) is 2.39. The van der Waals surface area contributed by atoms with Crippen molar-refractivity contribution in [3.8, 4) is 5.75 Å². The first-order valence-corrected chi connectivity index (χ1v) is 8.58. The predicted molar refractivity (Wildman–Crippen MR) is 94.7 cm³/mol. The van der Waals surface area contributed by atoms with Gasteiger partial charge >= 0.3 is 5.97 Å². The molecule has 2 aromatic rings. The third-order valence-electron chi connectivity index (χ3n) is 3.74. The minimum Gasteiger partial charge on any atom is -0.497 e. The Labute approximate surface area is 142 Å². The molecular weight excluding hydrogens is 308 g/mol. The highest BCUT2D eigenvalue weighted by molar-refractivity contribution is 7.98. The van der Waals surface area contributed by atoms with Gasteiger partial charge in [0.2, 0.25) is 0 Å². The first kappa shape index (κ1) is 17.4. The van der Waals surface area contributed by atoms with Gasteiger partial charge in [0.25, 0.3) is 0 Å². The largest absolute Gasteiger partial charge is 0.497 e. The van der Waals surface area contributed by atoms with Crippen LogP contribution in [-0.4, -0.2) is 20.2 Å². The quantitative estimate of drug-likeness (QED) is 0.701. The van der Waals surface area contributed by atoms with Gasteiger partial charge in [0.15, 0.2) is 0 Å². The SMILES string of the molecule is COC(=O)C(C)C(SCc1ccc(OC)cc1)c1ccccc1. The summed E-state index contributed by atoms with van der Waals surface area (Å²) in [6, 6.07) is 18.1. The van der Waals surface area contributed by atoms with Crippen LogP contribution in [0.4, 0.5) is 0 Å². The number of hydrogen-bond donors (Lipinski definition) is 0. The average molecular weight is 330 g/mol. The van der Waals surface area contributed by atoms with Crippen molar-refractivity contribution in [3.63, 3.8) is 0 Å². The van der Waals surface area contributed by atoms with Gasteiger partial charge in [0.1, 0.15) is 5.75 Å². The standard InChI is InChI=1S/C19H22O3S/c1-14(19(20)22-3)18(16-7-5-4-6-8-16)23-13-15-9-11-17(21-2)12-10-15/h4-12,14,18H,13H2,1-3H3. The van der Waals surface area contributed by atoms with E-state index in [4.69, 9.17) is 9.47 Å². The summed E-state index contributed by atoms with van der Waals surface area (Å²) < 4.78 is 10.1. The summed E-state index contributed by atoms with van der Waals surface area (Å²) in [6.07, 6.45) is 0. The summed E-state index contributed by atoms with van der Waals surface area (Å²) in [6.45, 7) is 1.92. The molecule has 2 aromatic carbocycles. The van der Waals surface area contributed by atoms with E-state index < -0.39 is 0 Å². The molecule has 122 valence electrons. The van der Waals surface area contributed by atoms with E-state index in [1.54, 1.807) is 18.9 Å². The Kier molecular flexibility index (Phi) is 6.53. The van der Waals surface area contributed by atoms with Crippen LogP contribution in [0.25, 0.3) is 0 Å². The maximum atomic E-state index is 12.0. The number of thioether (sulfide) groups is 1. The van der Waals surface area contributed by atoms with E-state index in [1.807, 2.05) is 37.3 Å². The van der Waals surface area contributed by atoms with Crippen LogP contribution in [0.15, 0.2) is 54.6 Å². The molecule has 0 aliphatic carbocycles. The van der Waals surface area contributed by atoms with E-state index >= 15 is 0 Å². The first-order valence-electron chi connectivity index (χ1n) is 7.53. The second kappa shape index (κ2) is 8.63. The van der Waals surface area contributed by atoms with Gasteiger partial charge in [-0.25, -0.2) is 0 Å². The Morgan fingerprint density at radius 3 is 2.26 bits per heavy atom. The second-order valence-corrected chi connectivity index (χ2v) is 6.43. The lowest BCUT2D eigenvalue weighted by Gasteiger charge is -2.22. The van der Waals surface area contributed by atoms with Crippen LogP contribution in [0.3, 0.4) is 0 Å². The number of rotatable bonds is 7. The lowest BCUT2D eigenvalue weighted by Crippen LogP contribution is -2.19. The topological polar surface area (TPSA) is 35.5 Å². The Morgan fingerprint density at radius 1 is 1.04 bits per heavy atom. The van der Waals surface area contributed by atoms with E-state index in [-0.39, 0.29) is 17.1 Å². The molecule has 0 aliphatic rings. The maximum Gasteiger partial charge on any atom is 0.309 e. The summed E-state index contributed by atoms with van der Waals surface area (Å²) in [5.74, 6) is 1.29. The third kappa shape index (κ3) is 4.76. The highest BCUT2D eigenvalue weighted by Gasteiger charge is 2.26. The van der Waals surface area contributed by atoms with E-state index in [0.717, 1.165) is 17.1 Å². The van der Waals surface area contributed by atoms with E-state index in [0.29, 0.717) is 0 Å². The highest BCUT2D eigenvalue weighted by atomic mass is 32.2. The zero-order valence-electron chi connectivity index (χ0n) is 13.7. The number of carbonyl (C=O) groups is 1. The fraction of sp³-hybridized carbons (Fsp3) is 0.316. The number of esters is 1. The molecule has 0 aliphatic heterocycles. The third-order valence-corrected chi connectivity index (χ3v) is 5.28. The molecule has 3 nitrogen and oxygen atoms in total. The van der Waals surface area contributed by atoms with E-state index in [2.05, 4.69) is 24.3 Å². The van der Waals surface area contributed by atoms with Gasteiger partial charge in [0.05, 0.1) is 20.1 Å². The molecule has 4 heteroatoms. The molecule has 2 atom stereocenters.